The van der Waals surface area contributed by atoms with Crippen LogP contribution in [0.25, 0.3) is 0 Å². The number of unbranched alkanes of at least 4 members (excludes halogenated alkanes) is 26. The molecule has 0 saturated heterocycles. The lowest BCUT2D eigenvalue weighted by Gasteiger charge is -2.21. The number of carbonyl (C=O) groups excluding carboxylic acids is 4. The van der Waals surface area contributed by atoms with Gasteiger partial charge in [0.1, 0.15) is 19.3 Å². The summed E-state index contributed by atoms with van der Waals surface area (Å²) in [6, 6.07) is 0. The highest BCUT2D eigenvalue weighted by atomic mass is 31.2. The number of aliphatic hydroxyl groups excluding tert-OH is 1. The lowest BCUT2D eigenvalue weighted by Crippen LogP contribution is -2.30. The first-order valence-corrected chi connectivity index (χ1v) is 36.2. The Morgan fingerprint density at radius 1 is 0.337 bits per heavy atom. The molecule has 492 valence electrons. The third kappa shape index (κ3) is 57.6. The Bertz CT molecular complexity index is 1660. The Kier molecular flexibility index (Phi) is 53.0. The number of ether oxygens (including phenoxy) is 4. The second-order valence-corrected chi connectivity index (χ2v) is 27.7. The molecule has 0 aliphatic heterocycles. The summed E-state index contributed by atoms with van der Waals surface area (Å²) < 4.78 is 68.0. The van der Waals surface area contributed by atoms with Crippen molar-refractivity contribution in [1.82, 2.24) is 0 Å². The monoisotopic (exact) mass is 1230 g/mol. The molecule has 0 aliphatic carbocycles. The molecule has 0 aliphatic rings. The summed E-state index contributed by atoms with van der Waals surface area (Å²) in [6.45, 7) is 13.9. The maximum atomic E-state index is 13.0. The second kappa shape index (κ2) is 54.2. The van der Waals surface area contributed by atoms with Crippen LogP contribution in [0.2, 0.25) is 0 Å². The van der Waals surface area contributed by atoms with Crippen LogP contribution in [0.4, 0.5) is 0 Å². The zero-order chi connectivity index (χ0) is 61.8. The van der Waals surface area contributed by atoms with E-state index in [1.165, 1.54) is 103 Å². The molecule has 0 heterocycles. The summed E-state index contributed by atoms with van der Waals surface area (Å²) in [6.07, 6.45) is 33.7. The summed E-state index contributed by atoms with van der Waals surface area (Å²) in [7, 11) is -9.89. The van der Waals surface area contributed by atoms with Gasteiger partial charge in [-0.1, -0.05) is 254 Å². The Balaban J connectivity index is 5.25. The molecular weight excluding hydrogens is 1100 g/mol. The van der Waals surface area contributed by atoms with Crippen LogP contribution >= 0.6 is 15.6 Å². The minimum atomic E-state index is -4.94. The van der Waals surface area contributed by atoms with Gasteiger partial charge in [-0.15, -0.1) is 0 Å². The molecule has 4 unspecified atom stereocenters. The van der Waals surface area contributed by atoms with Crippen molar-refractivity contribution in [2.45, 2.75) is 324 Å². The van der Waals surface area contributed by atoms with Crippen LogP contribution in [0.3, 0.4) is 0 Å². The topological polar surface area (TPSA) is 237 Å². The highest BCUT2D eigenvalue weighted by molar-refractivity contribution is 7.47. The molecule has 17 nitrogen and oxygen atoms in total. The van der Waals surface area contributed by atoms with Gasteiger partial charge in [-0.3, -0.25) is 37.3 Å². The summed E-state index contributed by atoms with van der Waals surface area (Å²) >= 11 is 0. The zero-order valence-corrected chi connectivity index (χ0v) is 55.6. The van der Waals surface area contributed by atoms with Gasteiger partial charge in [0.05, 0.1) is 26.4 Å². The Labute approximate surface area is 505 Å². The molecule has 0 fully saturated rings. The summed E-state index contributed by atoms with van der Waals surface area (Å²) in [5, 5.41) is 10.5. The summed E-state index contributed by atoms with van der Waals surface area (Å²) in [5.74, 6) is 0.735. The van der Waals surface area contributed by atoms with Crippen LogP contribution < -0.4 is 0 Å². The van der Waals surface area contributed by atoms with E-state index in [-0.39, 0.29) is 25.7 Å². The van der Waals surface area contributed by atoms with Crippen molar-refractivity contribution >= 4 is 39.5 Å². The quantitative estimate of drug-likeness (QED) is 0.0222. The number of phosphoric ester groups is 2. The standard InChI is InChI=1S/C64H124O17P2/c1-9-57(8)43-35-27-21-23-31-39-47-64(69)81-60(50-74-61(66)44-36-28-18-15-14-17-25-33-41-55(4)5)53-79-83(72,73)77-49-58(65)48-76-82(70,71)78-52-59(51-75-62(67)45-37-29-22-20-26-34-42-56(6)7)80-63(68)46-38-30-19-13-11-10-12-16-24-32-40-54(2)3/h54-60,65H,9-53H2,1-8H3,(H,70,71)(H,72,73)/t57?,58?,59-,60-/m1/s1. The molecule has 0 aromatic heterocycles. The summed E-state index contributed by atoms with van der Waals surface area (Å²) in [4.78, 5) is 72.2. The average Bonchev–Trinajstić information content (AvgIpc) is 3.43. The summed E-state index contributed by atoms with van der Waals surface area (Å²) in [5.41, 5.74) is 0. The van der Waals surface area contributed by atoms with Crippen molar-refractivity contribution in [3.05, 3.63) is 0 Å². The zero-order valence-electron chi connectivity index (χ0n) is 53.8. The fourth-order valence-electron chi connectivity index (χ4n) is 9.40. The van der Waals surface area contributed by atoms with Gasteiger partial charge in [-0.2, -0.15) is 0 Å². The van der Waals surface area contributed by atoms with Gasteiger partial charge in [0.15, 0.2) is 12.2 Å². The van der Waals surface area contributed by atoms with E-state index in [1.807, 2.05) is 0 Å². The number of rotatable bonds is 61. The van der Waals surface area contributed by atoms with E-state index in [0.717, 1.165) is 114 Å². The van der Waals surface area contributed by atoms with Crippen LogP contribution in [-0.4, -0.2) is 96.7 Å². The maximum Gasteiger partial charge on any atom is 0.472 e. The van der Waals surface area contributed by atoms with Crippen molar-refractivity contribution < 1.29 is 80.2 Å². The van der Waals surface area contributed by atoms with Gasteiger partial charge in [0.25, 0.3) is 0 Å². The lowest BCUT2D eigenvalue weighted by atomic mass is 10.00. The van der Waals surface area contributed by atoms with E-state index in [2.05, 4.69) is 55.4 Å². The van der Waals surface area contributed by atoms with Crippen LogP contribution in [0, 0.1) is 23.7 Å². The molecule has 0 spiro atoms. The Hall–Kier alpha value is -1.94. The molecule has 0 aromatic rings. The minimum absolute atomic E-state index is 0.102. The number of hydrogen-bond acceptors (Lipinski definition) is 15. The van der Waals surface area contributed by atoms with Crippen molar-refractivity contribution in [1.29, 1.82) is 0 Å². The fraction of sp³-hybridized carbons (Fsp3) is 0.938. The molecule has 6 atom stereocenters. The SMILES string of the molecule is CCC(C)CCCCCCCCC(=O)O[C@H](COC(=O)CCCCCCCCCCC(C)C)COP(=O)(O)OCC(O)COP(=O)(O)OC[C@@H](COC(=O)CCCCCCCCC(C)C)OC(=O)CCCCCCCCCCCCC(C)C. The lowest BCUT2D eigenvalue weighted by molar-refractivity contribution is -0.161. The minimum Gasteiger partial charge on any atom is -0.462 e. The van der Waals surface area contributed by atoms with Crippen molar-refractivity contribution in [2.75, 3.05) is 39.6 Å². The number of carbonyl (C=O) groups is 4. The van der Waals surface area contributed by atoms with Crippen molar-refractivity contribution in [3.63, 3.8) is 0 Å². The van der Waals surface area contributed by atoms with E-state index in [1.54, 1.807) is 0 Å². The van der Waals surface area contributed by atoms with Crippen molar-refractivity contribution in [3.8, 4) is 0 Å². The first-order valence-electron chi connectivity index (χ1n) is 33.2. The molecule has 19 heteroatoms. The molecule has 0 amide bonds. The third-order valence-electron chi connectivity index (χ3n) is 14.9. The van der Waals surface area contributed by atoms with Gasteiger partial charge >= 0.3 is 39.5 Å². The molecular formula is C64H124O17P2. The maximum absolute atomic E-state index is 13.0. The molecule has 83 heavy (non-hydrogen) atoms. The molecule has 0 rings (SSSR count). The van der Waals surface area contributed by atoms with Crippen LogP contribution in [-0.2, 0) is 65.4 Å². The van der Waals surface area contributed by atoms with E-state index in [9.17, 15) is 43.2 Å². The van der Waals surface area contributed by atoms with E-state index in [0.29, 0.717) is 31.6 Å². The number of esters is 4. The Morgan fingerprint density at radius 3 is 0.855 bits per heavy atom. The molecule has 0 aromatic carbocycles. The second-order valence-electron chi connectivity index (χ2n) is 24.8. The number of phosphoric acid groups is 2. The van der Waals surface area contributed by atoms with Gasteiger partial charge in [0.2, 0.25) is 0 Å². The molecule has 0 radical (unpaired) electrons. The molecule has 3 N–H and O–H groups in total. The smallest absolute Gasteiger partial charge is 0.462 e. The Morgan fingerprint density at radius 2 is 0.578 bits per heavy atom. The van der Waals surface area contributed by atoms with E-state index >= 15 is 0 Å². The van der Waals surface area contributed by atoms with Crippen LogP contribution in [0.1, 0.15) is 306 Å². The number of hydrogen-bond donors (Lipinski definition) is 3. The molecule has 0 bridgehead atoms. The molecule has 0 saturated carbocycles. The predicted molar refractivity (Wildman–Crippen MR) is 331 cm³/mol. The fourth-order valence-corrected chi connectivity index (χ4v) is 11.0. The normalized spacial score (nSPS) is 14.8. The largest absolute Gasteiger partial charge is 0.472 e. The van der Waals surface area contributed by atoms with E-state index < -0.39 is 97.5 Å². The predicted octanol–water partition coefficient (Wildman–Crippen LogP) is 17.4. The van der Waals surface area contributed by atoms with Gasteiger partial charge in [-0.25, -0.2) is 9.13 Å². The first-order chi connectivity index (χ1) is 39.6. The van der Waals surface area contributed by atoms with Crippen molar-refractivity contribution in [2.24, 2.45) is 23.7 Å². The van der Waals surface area contributed by atoms with E-state index in [4.69, 9.17) is 37.0 Å². The highest BCUT2D eigenvalue weighted by Crippen LogP contribution is 2.45. The highest BCUT2D eigenvalue weighted by Gasteiger charge is 2.30. The third-order valence-corrected chi connectivity index (χ3v) is 16.8. The van der Waals surface area contributed by atoms with Crippen LogP contribution in [0.15, 0.2) is 0 Å². The van der Waals surface area contributed by atoms with Gasteiger partial charge in [-0.05, 0) is 49.4 Å². The average molecular weight is 1230 g/mol. The van der Waals surface area contributed by atoms with Gasteiger partial charge < -0.3 is 33.8 Å². The first kappa shape index (κ1) is 81.1. The van der Waals surface area contributed by atoms with Gasteiger partial charge in [0, 0.05) is 25.7 Å². The van der Waals surface area contributed by atoms with Crippen LogP contribution in [0.5, 0.6) is 0 Å². The number of aliphatic hydroxyl groups is 1.